The maximum absolute atomic E-state index is 13.9. The standard InChI is InChI=1S/C21H13F5N4OS.C20H9F5N2O2S/c1-30-9-8-15(29-30)17-18(11-4-2-5-12(10-11)21(24,25)26)32-20(27-17)28-19(31)16-13(22)6-3-7-14(16)23;1-2-14(28)16-17(10-5-3-6-11(9-10)20(23,24)25)30-19(26-16)27-18(29)15-12(21)7-4-8-13(15)22/h2-10H,1H3,(H,27,28,31);1,3-9H,(H,26,27,29). The van der Waals surface area contributed by atoms with Crippen LogP contribution in [0.3, 0.4) is 0 Å². The number of nitrogens with zero attached hydrogens (tertiary/aromatic N) is 4. The highest BCUT2D eigenvalue weighted by atomic mass is 32.1. The van der Waals surface area contributed by atoms with E-state index < -0.39 is 75.5 Å². The number of aromatic nitrogens is 4. The molecule has 0 saturated carbocycles. The van der Waals surface area contributed by atoms with E-state index in [2.05, 4.69) is 25.7 Å². The summed E-state index contributed by atoms with van der Waals surface area (Å²) in [5.41, 5.74) is -3.09. The molecule has 0 spiro atoms. The molecule has 7 rings (SSSR count). The summed E-state index contributed by atoms with van der Waals surface area (Å²) in [6.45, 7) is 0. The van der Waals surface area contributed by atoms with Gasteiger partial charge in [-0.2, -0.15) is 31.4 Å². The summed E-state index contributed by atoms with van der Waals surface area (Å²) in [6.07, 6.45) is -2.47. The molecule has 0 saturated heterocycles. The Hall–Kier alpha value is -7.18. The van der Waals surface area contributed by atoms with Crippen LogP contribution >= 0.6 is 22.7 Å². The number of halogens is 10. The third kappa shape index (κ3) is 9.88. The molecule has 21 heteroatoms. The van der Waals surface area contributed by atoms with E-state index >= 15 is 0 Å². The lowest BCUT2D eigenvalue weighted by molar-refractivity contribution is -0.138. The van der Waals surface area contributed by atoms with E-state index in [4.69, 9.17) is 6.42 Å². The topological polar surface area (TPSA) is 119 Å². The third-order valence-corrected chi connectivity index (χ3v) is 10.3. The van der Waals surface area contributed by atoms with E-state index in [0.29, 0.717) is 21.9 Å². The van der Waals surface area contributed by atoms with Crippen molar-refractivity contribution in [3.05, 3.63) is 148 Å². The van der Waals surface area contributed by atoms with Crippen LogP contribution < -0.4 is 10.6 Å². The maximum Gasteiger partial charge on any atom is 0.416 e. The first-order valence-electron chi connectivity index (χ1n) is 17.1. The molecular formula is C41H22F10N6O3S2. The zero-order valence-corrected chi connectivity index (χ0v) is 32.6. The van der Waals surface area contributed by atoms with Crippen LogP contribution in [-0.4, -0.2) is 37.3 Å². The average Bonchev–Trinajstić information content (AvgIpc) is 3.96. The van der Waals surface area contributed by atoms with Crippen LogP contribution in [0.4, 0.5) is 54.2 Å². The molecule has 4 aromatic carbocycles. The number of ketones is 1. The van der Waals surface area contributed by atoms with E-state index in [1.54, 1.807) is 25.2 Å². The van der Waals surface area contributed by atoms with Gasteiger partial charge in [-0.15, -0.1) is 6.42 Å². The summed E-state index contributed by atoms with van der Waals surface area (Å²) >= 11 is 1.50. The first-order chi connectivity index (χ1) is 29.2. The summed E-state index contributed by atoms with van der Waals surface area (Å²) in [5.74, 6) is -5.74. The number of alkyl halides is 6. The van der Waals surface area contributed by atoms with E-state index in [0.717, 1.165) is 78.1 Å². The van der Waals surface area contributed by atoms with E-state index in [9.17, 15) is 58.3 Å². The largest absolute Gasteiger partial charge is 0.416 e. The van der Waals surface area contributed by atoms with Gasteiger partial charge in [-0.25, -0.2) is 27.5 Å². The molecule has 0 aliphatic heterocycles. The number of hydrogen-bond acceptors (Lipinski definition) is 8. The third-order valence-electron chi connectivity index (χ3n) is 8.28. The van der Waals surface area contributed by atoms with Crippen molar-refractivity contribution >= 4 is 50.5 Å². The second kappa shape index (κ2) is 17.8. The van der Waals surface area contributed by atoms with Crippen LogP contribution in [-0.2, 0) is 19.4 Å². The first-order valence-corrected chi connectivity index (χ1v) is 18.8. The van der Waals surface area contributed by atoms with Crippen LogP contribution in [0.25, 0.3) is 32.3 Å². The number of nitrogens with one attached hydrogen (secondary N) is 2. The van der Waals surface area contributed by atoms with Crippen molar-refractivity contribution in [2.75, 3.05) is 10.6 Å². The van der Waals surface area contributed by atoms with Crippen LogP contribution in [0.2, 0.25) is 0 Å². The van der Waals surface area contributed by atoms with Crippen LogP contribution in [0.1, 0.15) is 42.3 Å². The van der Waals surface area contributed by atoms with Gasteiger partial charge >= 0.3 is 12.4 Å². The lowest BCUT2D eigenvalue weighted by atomic mass is 10.1. The SMILES string of the molecule is C#CC(=O)c1nc(NC(=O)c2c(F)cccc2F)sc1-c1cccc(C(F)(F)F)c1.Cn1ccc(-c2nc(NC(=O)c3c(F)cccc3F)sc2-c2cccc(C(F)(F)F)c2)n1. The van der Waals surface area contributed by atoms with Crippen molar-refractivity contribution in [1.82, 2.24) is 19.7 Å². The molecule has 0 aliphatic rings. The fraction of sp³-hybridized carbons (Fsp3) is 0.0732. The molecule has 0 unspecified atom stereocenters. The number of amides is 2. The van der Waals surface area contributed by atoms with Crippen molar-refractivity contribution in [1.29, 1.82) is 0 Å². The van der Waals surface area contributed by atoms with Gasteiger partial charge in [0.05, 0.1) is 20.9 Å². The molecule has 62 heavy (non-hydrogen) atoms. The summed E-state index contributed by atoms with van der Waals surface area (Å²) in [5, 5.41) is 8.37. The van der Waals surface area contributed by atoms with Crippen molar-refractivity contribution < 1.29 is 58.3 Å². The Morgan fingerprint density at radius 1 is 0.645 bits per heavy atom. The van der Waals surface area contributed by atoms with Gasteiger partial charge in [-0.1, -0.05) is 59.1 Å². The molecule has 0 bridgehead atoms. The van der Waals surface area contributed by atoms with Gasteiger partial charge in [0.15, 0.2) is 10.3 Å². The maximum atomic E-state index is 13.9. The molecule has 2 N–H and O–H groups in total. The molecule has 3 aromatic heterocycles. The fourth-order valence-corrected chi connectivity index (χ4v) is 7.42. The minimum absolute atomic E-state index is 0.0153. The number of carbonyl (C=O) groups excluding carboxylic acids is 3. The first kappa shape index (κ1) is 44.4. The normalized spacial score (nSPS) is 11.3. The number of Topliss-reactive ketones (excluding diaryl/α,β-unsaturated/α-hetero) is 1. The quantitative estimate of drug-likeness (QED) is 0.0679. The molecule has 7 aromatic rings. The van der Waals surface area contributed by atoms with Crippen LogP contribution in [0.15, 0.2) is 97.2 Å². The zero-order chi connectivity index (χ0) is 45.1. The monoisotopic (exact) mass is 900 g/mol. The number of thiazole rings is 2. The molecule has 0 atom stereocenters. The van der Waals surface area contributed by atoms with Crippen molar-refractivity contribution in [3.63, 3.8) is 0 Å². The van der Waals surface area contributed by atoms with Crippen molar-refractivity contribution in [2.24, 2.45) is 7.05 Å². The van der Waals surface area contributed by atoms with E-state index in [-0.39, 0.29) is 37.7 Å². The fourth-order valence-electron chi connectivity index (χ4n) is 5.50. The zero-order valence-electron chi connectivity index (χ0n) is 30.9. The second-order valence-corrected chi connectivity index (χ2v) is 14.5. The summed E-state index contributed by atoms with van der Waals surface area (Å²) in [7, 11) is 1.66. The number of benzene rings is 4. The highest BCUT2D eigenvalue weighted by molar-refractivity contribution is 7.20. The number of rotatable bonds is 8. The van der Waals surface area contributed by atoms with Crippen molar-refractivity contribution in [2.45, 2.75) is 12.4 Å². The molecule has 2 amide bonds. The molecular weight excluding hydrogens is 879 g/mol. The Balaban J connectivity index is 0.000000207. The summed E-state index contributed by atoms with van der Waals surface area (Å²) < 4.78 is 136. The molecule has 3 heterocycles. The number of hydrogen-bond donors (Lipinski definition) is 2. The highest BCUT2D eigenvalue weighted by Gasteiger charge is 2.33. The number of aryl methyl sites for hydroxylation is 1. The Morgan fingerprint density at radius 3 is 1.52 bits per heavy atom. The van der Waals surface area contributed by atoms with Gasteiger partial charge in [0.2, 0.25) is 0 Å². The molecule has 0 fully saturated rings. The lowest BCUT2D eigenvalue weighted by Gasteiger charge is -2.08. The Kier molecular flexibility index (Phi) is 12.7. The van der Waals surface area contributed by atoms with Gasteiger partial charge in [-0.05, 0) is 71.6 Å². The minimum atomic E-state index is -4.63. The van der Waals surface area contributed by atoms with Gasteiger partial charge in [0.25, 0.3) is 17.6 Å². The molecule has 316 valence electrons. The number of terminal acetylenes is 1. The van der Waals surface area contributed by atoms with Gasteiger partial charge in [0.1, 0.15) is 51.5 Å². The Bertz CT molecular complexity index is 2850. The minimum Gasteiger partial charge on any atom is -0.298 e. The van der Waals surface area contributed by atoms with E-state index in [1.165, 1.54) is 22.9 Å². The lowest BCUT2D eigenvalue weighted by Crippen LogP contribution is -2.15. The molecule has 9 nitrogen and oxygen atoms in total. The number of anilines is 2. The van der Waals surface area contributed by atoms with Crippen molar-refractivity contribution in [3.8, 4) is 44.6 Å². The average molecular weight is 901 g/mol. The summed E-state index contributed by atoms with van der Waals surface area (Å²) in [6, 6.07) is 16.1. The van der Waals surface area contributed by atoms with Crippen LogP contribution in [0, 0.1) is 35.6 Å². The Labute approximate surface area is 350 Å². The van der Waals surface area contributed by atoms with Crippen LogP contribution in [0.5, 0.6) is 0 Å². The molecule has 0 radical (unpaired) electrons. The second-order valence-electron chi connectivity index (χ2n) is 12.5. The predicted molar refractivity (Wildman–Crippen MR) is 209 cm³/mol. The van der Waals surface area contributed by atoms with Gasteiger partial charge < -0.3 is 0 Å². The van der Waals surface area contributed by atoms with E-state index in [1.807, 2.05) is 0 Å². The highest BCUT2D eigenvalue weighted by Crippen LogP contribution is 2.41. The number of carbonyl (C=O) groups is 3. The molecule has 0 aliphatic carbocycles. The summed E-state index contributed by atoms with van der Waals surface area (Å²) in [4.78, 5) is 45.1. The van der Waals surface area contributed by atoms with Gasteiger partial charge in [0, 0.05) is 13.2 Å². The predicted octanol–water partition coefficient (Wildman–Crippen LogP) is 10.9. The Morgan fingerprint density at radius 2 is 1.08 bits per heavy atom. The van der Waals surface area contributed by atoms with Gasteiger partial charge in [-0.3, -0.25) is 29.7 Å². The smallest absolute Gasteiger partial charge is 0.298 e.